The first-order valence-corrected chi connectivity index (χ1v) is 4.12. The number of hydrogen-bond acceptors (Lipinski definition) is 3. The molecular weight excluding hydrogens is 176 g/mol. The van der Waals surface area contributed by atoms with E-state index in [1.165, 1.54) is 0 Å². The first kappa shape index (κ1) is 8.34. The maximum Gasteiger partial charge on any atom is 0.219 e. The van der Waals surface area contributed by atoms with Crippen LogP contribution in [-0.2, 0) is 0 Å². The maximum atomic E-state index is 8.77. The number of ether oxygens (including phenoxy) is 1. The van der Waals surface area contributed by atoms with Gasteiger partial charge in [-0.2, -0.15) is 10.5 Å². The fraction of sp³-hybridized carbons (Fsp3) is 0.0909. The third-order valence-electron chi connectivity index (χ3n) is 2.00. The summed E-state index contributed by atoms with van der Waals surface area (Å²) in [5.41, 5.74) is 1.20. The molecule has 1 aliphatic heterocycles. The second kappa shape index (κ2) is 3.24. The number of rotatable bonds is 0. The fourth-order valence-electron chi connectivity index (χ4n) is 1.33. The molecule has 0 aromatic heterocycles. The van der Waals surface area contributed by atoms with Crippen LogP contribution in [0.25, 0.3) is 6.08 Å². The molecule has 0 N–H and O–H groups in total. The van der Waals surface area contributed by atoms with Crippen LogP contribution < -0.4 is 4.74 Å². The number of hydrogen-bond donors (Lipinski definition) is 0. The monoisotopic (exact) mass is 182 g/mol. The Kier molecular flexibility index (Phi) is 1.93. The van der Waals surface area contributed by atoms with Gasteiger partial charge >= 0.3 is 0 Å². The van der Waals surface area contributed by atoms with Crippen molar-refractivity contribution in [1.82, 2.24) is 0 Å². The molecule has 1 aliphatic rings. The number of nitrogens with zero attached hydrogens (tertiary/aromatic N) is 2. The minimum Gasteiger partial charge on any atom is -0.469 e. The number of benzene rings is 1. The summed E-state index contributed by atoms with van der Waals surface area (Å²) in [5, 5.41) is 17.5. The van der Waals surface area contributed by atoms with Gasteiger partial charge in [-0.05, 0) is 12.1 Å². The van der Waals surface area contributed by atoms with Crippen LogP contribution >= 0.6 is 0 Å². The van der Waals surface area contributed by atoms with E-state index in [4.69, 9.17) is 15.3 Å². The molecule has 0 fully saturated rings. The van der Waals surface area contributed by atoms with Crippen LogP contribution in [-0.4, -0.2) is 6.10 Å². The quantitative estimate of drug-likeness (QED) is 0.615. The molecule has 1 unspecified atom stereocenters. The van der Waals surface area contributed by atoms with E-state index < -0.39 is 6.10 Å². The molecule has 14 heavy (non-hydrogen) atoms. The molecule has 1 aromatic carbocycles. The first-order chi connectivity index (χ1) is 6.85. The van der Waals surface area contributed by atoms with Gasteiger partial charge in [0.2, 0.25) is 6.10 Å². The van der Waals surface area contributed by atoms with Crippen LogP contribution in [0.2, 0.25) is 0 Å². The molecule has 3 heteroatoms. The second-order valence-corrected chi connectivity index (χ2v) is 2.88. The van der Waals surface area contributed by atoms with Crippen molar-refractivity contribution in [3.63, 3.8) is 0 Å². The number of nitriles is 2. The summed E-state index contributed by atoms with van der Waals surface area (Å²) in [6, 6.07) is 11.2. The van der Waals surface area contributed by atoms with Gasteiger partial charge in [0.15, 0.2) is 0 Å². The average Bonchev–Trinajstić information content (AvgIpc) is 2.27. The summed E-state index contributed by atoms with van der Waals surface area (Å²) in [5.74, 6) is 0.651. The fourth-order valence-corrected chi connectivity index (χ4v) is 1.33. The van der Waals surface area contributed by atoms with Crippen LogP contribution in [0.3, 0.4) is 0 Å². The van der Waals surface area contributed by atoms with Gasteiger partial charge in [-0.1, -0.05) is 18.2 Å². The van der Waals surface area contributed by atoms with Gasteiger partial charge in [0.25, 0.3) is 0 Å². The molecule has 1 aromatic rings. The lowest BCUT2D eigenvalue weighted by atomic mass is 10.0. The highest BCUT2D eigenvalue weighted by Crippen LogP contribution is 2.28. The molecule has 0 bridgehead atoms. The van der Waals surface area contributed by atoms with Crippen molar-refractivity contribution < 1.29 is 4.74 Å². The number of fused-ring (bicyclic) bond motifs is 1. The van der Waals surface area contributed by atoms with E-state index in [0.717, 1.165) is 5.56 Å². The Morgan fingerprint density at radius 2 is 2.00 bits per heavy atom. The summed E-state index contributed by atoms with van der Waals surface area (Å²) < 4.78 is 5.33. The van der Waals surface area contributed by atoms with E-state index in [1.54, 1.807) is 12.1 Å². The molecule has 0 radical (unpaired) electrons. The van der Waals surface area contributed by atoms with Crippen LogP contribution in [0.1, 0.15) is 5.56 Å². The Bertz CT molecular complexity index is 477. The molecule has 0 saturated carbocycles. The first-order valence-electron chi connectivity index (χ1n) is 4.12. The molecule has 0 saturated heterocycles. The van der Waals surface area contributed by atoms with Crippen molar-refractivity contribution >= 4 is 6.08 Å². The van der Waals surface area contributed by atoms with E-state index in [9.17, 15) is 0 Å². The highest BCUT2D eigenvalue weighted by Gasteiger charge is 2.21. The zero-order chi connectivity index (χ0) is 9.97. The third kappa shape index (κ3) is 1.22. The van der Waals surface area contributed by atoms with Crippen LogP contribution in [0, 0.1) is 22.7 Å². The van der Waals surface area contributed by atoms with Gasteiger partial charge in [0.05, 0.1) is 11.6 Å². The molecule has 1 heterocycles. The smallest absolute Gasteiger partial charge is 0.219 e. The summed E-state index contributed by atoms with van der Waals surface area (Å²) >= 11 is 0. The van der Waals surface area contributed by atoms with Crippen LogP contribution in [0.5, 0.6) is 5.75 Å². The lowest BCUT2D eigenvalue weighted by molar-refractivity contribution is 0.291. The summed E-state index contributed by atoms with van der Waals surface area (Å²) in [6.45, 7) is 0. The van der Waals surface area contributed by atoms with Crippen molar-refractivity contribution in [2.24, 2.45) is 0 Å². The SMILES string of the molecule is N#CC1=Cc2ccccc2OC1C#N. The Hall–Kier alpha value is -2.26. The third-order valence-corrected chi connectivity index (χ3v) is 2.00. The average molecular weight is 182 g/mol. The summed E-state index contributed by atoms with van der Waals surface area (Å²) in [7, 11) is 0. The lowest BCUT2D eigenvalue weighted by Crippen LogP contribution is -2.19. The Balaban J connectivity index is 2.52. The highest BCUT2D eigenvalue weighted by molar-refractivity contribution is 5.67. The Labute approximate surface area is 81.5 Å². The molecule has 0 spiro atoms. The standard InChI is InChI=1S/C11H6N2O/c12-6-9-5-8-3-1-2-4-10(8)14-11(9)7-13/h1-5,11H. The minimum atomic E-state index is -0.769. The van der Waals surface area contributed by atoms with Gasteiger partial charge in [-0.25, -0.2) is 0 Å². The topological polar surface area (TPSA) is 56.8 Å². The highest BCUT2D eigenvalue weighted by atomic mass is 16.5. The molecule has 1 atom stereocenters. The van der Waals surface area contributed by atoms with E-state index in [0.29, 0.717) is 11.3 Å². The van der Waals surface area contributed by atoms with Gasteiger partial charge in [0, 0.05) is 5.56 Å². The van der Waals surface area contributed by atoms with Crippen molar-refractivity contribution in [3.8, 4) is 17.9 Å². The molecule has 3 nitrogen and oxygen atoms in total. The predicted molar refractivity (Wildman–Crippen MR) is 50.1 cm³/mol. The number of para-hydroxylation sites is 1. The minimum absolute atomic E-state index is 0.353. The van der Waals surface area contributed by atoms with Gasteiger partial charge < -0.3 is 4.74 Å². The van der Waals surface area contributed by atoms with Crippen LogP contribution in [0.15, 0.2) is 29.8 Å². The van der Waals surface area contributed by atoms with Gasteiger partial charge in [-0.15, -0.1) is 0 Å². The van der Waals surface area contributed by atoms with Crippen molar-refractivity contribution in [3.05, 3.63) is 35.4 Å². The van der Waals surface area contributed by atoms with Gasteiger partial charge in [-0.3, -0.25) is 0 Å². The maximum absolute atomic E-state index is 8.77. The molecule has 66 valence electrons. The van der Waals surface area contributed by atoms with E-state index >= 15 is 0 Å². The molecule has 2 rings (SSSR count). The summed E-state index contributed by atoms with van der Waals surface area (Å²) in [4.78, 5) is 0. The summed E-state index contributed by atoms with van der Waals surface area (Å²) in [6.07, 6.45) is 0.919. The Morgan fingerprint density at radius 3 is 2.71 bits per heavy atom. The second-order valence-electron chi connectivity index (χ2n) is 2.88. The van der Waals surface area contributed by atoms with Crippen LogP contribution in [0.4, 0.5) is 0 Å². The zero-order valence-electron chi connectivity index (χ0n) is 7.27. The molecular formula is C11H6N2O. The predicted octanol–water partition coefficient (Wildman–Crippen LogP) is 1.88. The Morgan fingerprint density at radius 1 is 1.21 bits per heavy atom. The molecule has 0 amide bonds. The largest absolute Gasteiger partial charge is 0.469 e. The van der Waals surface area contributed by atoms with Crippen molar-refractivity contribution in [2.45, 2.75) is 6.10 Å². The van der Waals surface area contributed by atoms with E-state index in [1.807, 2.05) is 30.3 Å². The van der Waals surface area contributed by atoms with Crippen molar-refractivity contribution in [2.75, 3.05) is 0 Å². The molecule has 0 aliphatic carbocycles. The lowest BCUT2D eigenvalue weighted by Gasteiger charge is -2.18. The van der Waals surface area contributed by atoms with Gasteiger partial charge in [0.1, 0.15) is 11.8 Å². The van der Waals surface area contributed by atoms with E-state index in [-0.39, 0.29) is 0 Å². The van der Waals surface area contributed by atoms with E-state index in [2.05, 4.69) is 0 Å². The zero-order valence-corrected chi connectivity index (χ0v) is 7.27. The van der Waals surface area contributed by atoms with Crippen molar-refractivity contribution in [1.29, 1.82) is 10.5 Å². The normalized spacial score (nSPS) is 18.1.